The molecular formula is C13H15ClN2O2. The lowest BCUT2D eigenvalue weighted by Gasteiger charge is -2.18. The Hall–Kier alpha value is -1.29. The summed E-state index contributed by atoms with van der Waals surface area (Å²) in [6.07, 6.45) is 6.49. The first-order valence-electron chi connectivity index (χ1n) is 6.30. The van der Waals surface area contributed by atoms with Crippen molar-refractivity contribution in [3.63, 3.8) is 0 Å². The molecule has 0 radical (unpaired) electrons. The molecule has 0 atom stereocenters. The van der Waals surface area contributed by atoms with Gasteiger partial charge in [-0.2, -0.15) is 0 Å². The highest BCUT2D eigenvalue weighted by molar-refractivity contribution is 6.33. The highest BCUT2D eigenvalue weighted by atomic mass is 35.5. The summed E-state index contributed by atoms with van der Waals surface area (Å²) in [5, 5.41) is 12.6. The topological polar surface area (TPSA) is 62.2 Å². The molecule has 0 saturated heterocycles. The second-order valence-electron chi connectivity index (χ2n) is 5.20. The van der Waals surface area contributed by atoms with Crippen LogP contribution in [0.15, 0.2) is 12.3 Å². The number of aromatic carboxylic acids is 1. The van der Waals surface area contributed by atoms with Crippen molar-refractivity contribution in [2.45, 2.75) is 31.7 Å². The fourth-order valence-corrected chi connectivity index (χ4v) is 2.57. The zero-order chi connectivity index (χ0) is 12.7. The number of rotatable bonds is 5. The van der Waals surface area contributed by atoms with Gasteiger partial charge in [0.05, 0.1) is 10.6 Å². The smallest absolute Gasteiger partial charge is 0.337 e. The Morgan fingerprint density at radius 3 is 2.50 bits per heavy atom. The largest absolute Gasteiger partial charge is 0.478 e. The number of carboxylic acid groups (broad SMARTS) is 1. The third-order valence-corrected chi connectivity index (χ3v) is 3.96. The van der Waals surface area contributed by atoms with Gasteiger partial charge in [-0.05, 0) is 43.6 Å². The summed E-state index contributed by atoms with van der Waals surface area (Å²) < 4.78 is 0. The molecule has 0 amide bonds. The average molecular weight is 267 g/mol. The standard InChI is InChI=1S/C13H15ClN2O2/c14-10-6-15-11(5-9(10)13(17)18)16-12(7-1-2-7)8-3-4-8/h5-8,12H,1-4H2,(H,15,16)(H,17,18). The molecule has 18 heavy (non-hydrogen) atoms. The van der Waals surface area contributed by atoms with Crippen LogP contribution < -0.4 is 5.32 Å². The fraction of sp³-hybridized carbons (Fsp3) is 0.538. The average Bonchev–Trinajstić information content (AvgIpc) is 3.20. The van der Waals surface area contributed by atoms with Crippen LogP contribution in [0.25, 0.3) is 0 Å². The lowest BCUT2D eigenvalue weighted by Crippen LogP contribution is -2.25. The summed E-state index contributed by atoms with van der Waals surface area (Å²) in [6.45, 7) is 0. The number of aromatic nitrogens is 1. The van der Waals surface area contributed by atoms with Gasteiger partial charge in [0.1, 0.15) is 5.82 Å². The molecule has 0 bridgehead atoms. The SMILES string of the molecule is O=C(O)c1cc(NC(C2CC2)C2CC2)ncc1Cl. The van der Waals surface area contributed by atoms with E-state index in [9.17, 15) is 4.79 Å². The molecule has 2 saturated carbocycles. The number of nitrogens with one attached hydrogen (secondary N) is 1. The lowest BCUT2D eigenvalue weighted by molar-refractivity contribution is 0.0697. The van der Waals surface area contributed by atoms with Gasteiger partial charge in [-0.1, -0.05) is 11.6 Å². The molecule has 1 aromatic rings. The van der Waals surface area contributed by atoms with Crippen molar-refractivity contribution in [1.29, 1.82) is 0 Å². The molecule has 0 unspecified atom stereocenters. The molecule has 0 spiro atoms. The van der Waals surface area contributed by atoms with Gasteiger partial charge >= 0.3 is 5.97 Å². The zero-order valence-corrected chi connectivity index (χ0v) is 10.7. The van der Waals surface area contributed by atoms with Crippen molar-refractivity contribution in [1.82, 2.24) is 4.98 Å². The molecule has 0 aliphatic heterocycles. The van der Waals surface area contributed by atoms with Gasteiger partial charge in [0, 0.05) is 12.2 Å². The lowest BCUT2D eigenvalue weighted by atomic mass is 10.1. The van der Waals surface area contributed by atoms with Crippen LogP contribution in [-0.4, -0.2) is 22.1 Å². The number of nitrogens with zero attached hydrogens (tertiary/aromatic N) is 1. The van der Waals surface area contributed by atoms with Gasteiger partial charge in [0.2, 0.25) is 0 Å². The number of hydrogen-bond acceptors (Lipinski definition) is 3. The minimum atomic E-state index is -1.01. The van der Waals surface area contributed by atoms with Crippen molar-refractivity contribution >= 4 is 23.4 Å². The summed E-state index contributed by atoms with van der Waals surface area (Å²) in [4.78, 5) is 15.2. The van der Waals surface area contributed by atoms with E-state index in [1.165, 1.54) is 37.9 Å². The number of carboxylic acids is 1. The Balaban J connectivity index is 1.78. The van der Waals surface area contributed by atoms with Crippen molar-refractivity contribution in [3.05, 3.63) is 22.8 Å². The minimum absolute atomic E-state index is 0.111. The first kappa shape index (κ1) is 11.8. The van der Waals surface area contributed by atoms with E-state index in [1.54, 1.807) is 0 Å². The van der Waals surface area contributed by atoms with E-state index < -0.39 is 5.97 Å². The van der Waals surface area contributed by atoms with Crippen LogP contribution in [-0.2, 0) is 0 Å². The molecule has 3 rings (SSSR count). The second-order valence-corrected chi connectivity index (χ2v) is 5.61. The normalized spacial score (nSPS) is 19.0. The first-order chi connectivity index (χ1) is 8.65. The molecule has 0 aromatic carbocycles. The van der Waals surface area contributed by atoms with E-state index in [-0.39, 0.29) is 10.6 Å². The van der Waals surface area contributed by atoms with Gasteiger partial charge in [-0.15, -0.1) is 0 Å². The number of halogens is 1. The molecule has 96 valence electrons. The predicted octanol–water partition coefficient (Wildman–Crippen LogP) is 3.03. The maximum Gasteiger partial charge on any atom is 0.337 e. The van der Waals surface area contributed by atoms with E-state index >= 15 is 0 Å². The molecule has 5 heteroatoms. The first-order valence-corrected chi connectivity index (χ1v) is 6.68. The Morgan fingerprint density at radius 2 is 2.00 bits per heavy atom. The van der Waals surface area contributed by atoms with Gasteiger partial charge in [0.15, 0.2) is 0 Å². The molecule has 2 fully saturated rings. The van der Waals surface area contributed by atoms with E-state index in [1.807, 2.05) is 0 Å². The summed E-state index contributed by atoms with van der Waals surface area (Å²) >= 11 is 5.81. The summed E-state index contributed by atoms with van der Waals surface area (Å²) in [6, 6.07) is 1.99. The van der Waals surface area contributed by atoms with Gasteiger partial charge in [0.25, 0.3) is 0 Å². The van der Waals surface area contributed by atoms with E-state index in [4.69, 9.17) is 16.7 Å². The van der Waals surface area contributed by atoms with Crippen LogP contribution >= 0.6 is 11.6 Å². The van der Waals surface area contributed by atoms with E-state index in [2.05, 4.69) is 10.3 Å². The number of anilines is 1. The minimum Gasteiger partial charge on any atom is -0.478 e. The van der Waals surface area contributed by atoms with Crippen LogP contribution in [0.3, 0.4) is 0 Å². The summed E-state index contributed by atoms with van der Waals surface area (Å²) in [5.41, 5.74) is 0.111. The third kappa shape index (κ3) is 2.43. The van der Waals surface area contributed by atoms with E-state index in [0.717, 1.165) is 11.8 Å². The molecule has 2 aliphatic rings. The number of hydrogen-bond donors (Lipinski definition) is 2. The number of pyridine rings is 1. The van der Waals surface area contributed by atoms with Crippen molar-refractivity contribution < 1.29 is 9.90 Å². The Morgan fingerprint density at radius 1 is 1.39 bits per heavy atom. The summed E-state index contributed by atoms with van der Waals surface area (Å²) in [7, 11) is 0. The molecule has 2 aliphatic carbocycles. The quantitative estimate of drug-likeness (QED) is 0.860. The molecule has 4 nitrogen and oxygen atoms in total. The maximum absolute atomic E-state index is 11.0. The fourth-order valence-electron chi connectivity index (χ4n) is 2.38. The summed E-state index contributed by atoms with van der Waals surface area (Å²) in [5.74, 6) is 1.09. The van der Waals surface area contributed by atoms with Gasteiger partial charge in [-0.25, -0.2) is 9.78 Å². The highest BCUT2D eigenvalue weighted by Gasteiger charge is 2.41. The zero-order valence-electron chi connectivity index (χ0n) is 9.90. The van der Waals surface area contributed by atoms with Gasteiger partial charge in [-0.3, -0.25) is 0 Å². The Labute approximate surface area is 110 Å². The van der Waals surface area contributed by atoms with Crippen LogP contribution in [0.2, 0.25) is 5.02 Å². The van der Waals surface area contributed by atoms with Crippen molar-refractivity contribution in [2.75, 3.05) is 5.32 Å². The van der Waals surface area contributed by atoms with Gasteiger partial charge < -0.3 is 10.4 Å². The Bertz CT molecular complexity index is 472. The maximum atomic E-state index is 11.0. The monoisotopic (exact) mass is 266 g/mol. The van der Waals surface area contributed by atoms with Crippen molar-refractivity contribution in [3.8, 4) is 0 Å². The second kappa shape index (κ2) is 4.43. The predicted molar refractivity (Wildman–Crippen MR) is 69.1 cm³/mol. The molecular weight excluding hydrogens is 252 g/mol. The van der Waals surface area contributed by atoms with Crippen LogP contribution in [0.5, 0.6) is 0 Å². The van der Waals surface area contributed by atoms with Crippen LogP contribution in [0, 0.1) is 11.8 Å². The third-order valence-electron chi connectivity index (χ3n) is 3.66. The van der Waals surface area contributed by atoms with Crippen LogP contribution in [0.1, 0.15) is 36.0 Å². The van der Waals surface area contributed by atoms with Crippen molar-refractivity contribution in [2.24, 2.45) is 11.8 Å². The van der Waals surface area contributed by atoms with Crippen LogP contribution in [0.4, 0.5) is 5.82 Å². The molecule has 2 N–H and O–H groups in total. The molecule has 1 heterocycles. The molecule has 1 aromatic heterocycles. The number of carbonyl (C=O) groups is 1. The van der Waals surface area contributed by atoms with E-state index in [0.29, 0.717) is 11.9 Å². The highest BCUT2D eigenvalue weighted by Crippen LogP contribution is 2.45. The Kier molecular flexibility index (Phi) is 2.90.